The second-order valence-corrected chi connectivity index (χ2v) is 7.36. The van der Waals surface area contributed by atoms with Gasteiger partial charge in [-0.15, -0.1) is 0 Å². The van der Waals surface area contributed by atoms with Gasteiger partial charge < -0.3 is 30.6 Å². The average Bonchev–Trinajstić information content (AvgIpc) is 3.19. The van der Waals surface area contributed by atoms with Gasteiger partial charge in [-0.2, -0.15) is 0 Å². The summed E-state index contributed by atoms with van der Waals surface area (Å²) in [6.45, 7) is -0.499. The third-order valence-electron chi connectivity index (χ3n) is 5.34. The van der Waals surface area contributed by atoms with Crippen LogP contribution in [0.25, 0.3) is 11.2 Å². The van der Waals surface area contributed by atoms with Crippen molar-refractivity contribution in [3.63, 3.8) is 0 Å². The lowest BCUT2D eigenvalue weighted by Gasteiger charge is -2.36. The Labute approximate surface area is 176 Å². The van der Waals surface area contributed by atoms with E-state index in [1.807, 2.05) is 0 Å². The number of aliphatic hydroxyl groups is 1. The minimum absolute atomic E-state index is 0.268. The van der Waals surface area contributed by atoms with E-state index in [4.69, 9.17) is 15.6 Å². The number of rotatable bonds is 6. The number of nitrogen functional groups attached to an aromatic ring is 1. The summed E-state index contributed by atoms with van der Waals surface area (Å²) in [4.78, 5) is 35.8. The zero-order valence-corrected chi connectivity index (χ0v) is 16.5. The lowest BCUT2D eigenvalue weighted by molar-refractivity contribution is -0.139. The fraction of sp³-hybridized carbons (Fsp3) is 0.350. The number of hydrogen-bond acceptors (Lipinski definition) is 8. The van der Waals surface area contributed by atoms with E-state index in [-0.39, 0.29) is 23.5 Å². The van der Waals surface area contributed by atoms with Crippen LogP contribution in [-0.2, 0) is 4.79 Å². The maximum Gasteiger partial charge on any atom is 0.341 e. The number of nitrogens with two attached hydrogens (primary N) is 1. The molecule has 0 spiro atoms. The third-order valence-corrected chi connectivity index (χ3v) is 5.34. The summed E-state index contributed by atoms with van der Waals surface area (Å²) in [7, 11) is 0. The molecule has 5 N–H and O–H groups in total. The summed E-state index contributed by atoms with van der Waals surface area (Å²) in [5.41, 5.74) is 7.17. The van der Waals surface area contributed by atoms with Crippen molar-refractivity contribution in [3.8, 4) is 5.75 Å². The van der Waals surface area contributed by atoms with Crippen molar-refractivity contribution in [1.29, 1.82) is 0 Å². The van der Waals surface area contributed by atoms with Gasteiger partial charge in [0.25, 0.3) is 5.91 Å². The summed E-state index contributed by atoms with van der Waals surface area (Å²) in [6, 6.07) is 5.43. The van der Waals surface area contributed by atoms with Gasteiger partial charge in [0.15, 0.2) is 18.1 Å². The number of aliphatic hydroxyl groups excluding tert-OH is 1. The minimum atomic E-state index is -1.11. The molecular weight excluding hydrogens is 404 g/mol. The Hall–Kier alpha value is -3.73. The van der Waals surface area contributed by atoms with Crippen LogP contribution in [0.5, 0.6) is 5.75 Å². The van der Waals surface area contributed by atoms with Gasteiger partial charge in [-0.3, -0.25) is 4.79 Å². The van der Waals surface area contributed by atoms with Crippen LogP contribution < -0.4 is 15.8 Å². The molecule has 0 radical (unpaired) electrons. The molecule has 2 aromatic heterocycles. The highest BCUT2D eigenvalue weighted by Gasteiger charge is 2.35. The Morgan fingerprint density at radius 3 is 2.90 bits per heavy atom. The molecule has 1 saturated carbocycles. The number of nitrogens with one attached hydrogen (secondary N) is 1. The smallest absolute Gasteiger partial charge is 0.341 e. The second-order valence-electron chi connectivity index (χ2n) is 7.36. The number of nitrogens with zero attached hydrogens (tertiary/aromatic N) is 4. The van der Waals surface area contributed by atoms with Crippen molar-refractivity contribution in [2.75, 3.05) is 12.3 Å². The van der Waals surface area contributed by atoms with Crippen LogP contribution in [0.1, 0.15) is 35.7 Å². The number of aromatic nitrogens is 4. The minimum Gasteiger partial charge on any atom is -0.482 e. The van der Waals surface area contributed by atoms with Crippen LogP contribution in [0.4, 0.5) is 5.82 Å². The molecule has 3 aromatic rings. The topological polar surface area (TPSA) is 165 Å². The van der Waals surface area contributed by atoms with E-state index in [1.165, 1.54) is 12.4 Å². The van der Waals surface area contributed by atoms with E-state index in [1.54, 1.807) is 29.1 Å². The lowest BCUT2D eigenvalue weighted by Crippen LogP contribution is -2.49. The van der Waals surface area contributed by atoms with Gasteiger partial charge in [0.1, 0.15) is 17.6 Å². The van der Waals surface area contributed by atoms with Crippen LogP contribution in [0.2, 0.25) is 0 Å². The number of benzene rings is 1. The van der Waals surface area contributed by atoms with E-state index in [2.05, 4.69) is 20.3 Å². The molecule has 0 aliphatic heterocycles. The predicted octanol–water partition coefficient (Wildman–Crippen LogP) is 0.756. The Kier molecular flexibility index (Phi) is 5.67. The first-order valence-electron chi connectivity index (χ1n) is 9.80. The van der Waals surface area contributed by atoms with E-state index in [0.29, 0.717) is 29.6 Å². The van der Waals surface area contributed by atoms with Gasteiger partial charge in [0.2, 0.25) is 0 Å². The number of ether oxygens (including phenoxy) is 1. The largest absolute Gasteiger partial charge is 0.482 e. The molecule has 31 heavy (non-hydrogen) atoms. The first kappa shape index (κ1) is 20.5. The van der Waals surface area contributed by atoms with E-state index >= 15 is 0 Å². The van der Waals surface area contributed by atoms with E-state index in [0.717, 1.165) is 6.42 Å². The standard InChI is InChI=1S/C20H22N6O5/c21-18-16-19(23-9-22-18)26(10-24-16)14-6-2-5-13(17(14)29)25-20(30)11-3-1-4-12(7-11)31-8-15(27)28/h1,3-4,7,9-10,13-14,17,29H,2,5-6,8H2,(H,25,30)(H,27,28)(H2,21,22,23)/t13-,14-,17-/m0/s1. The van der Waals surface area contributed by atoms with Gasteiger partial charge in [-0.05, 0) is 37.5 Å². The molecular formula is C20H22N6O5. The van der Waals surface area contributed by atoms with Crippen molar-refractivity contribution in [2.24, 2.45) is 0 Å². The van der Waals surface area contributed by atoms with E-state index in [9.17, 15) is 14.7 Å². The monoisotopic (exact) mass is 426 g/mol. The summed E-state index contributed by atoms with van der Waals surface area (Å²) >= 11 is 0. The van der Waals surface area contributed by atoms with Crippen molar-refractivity contribution < 1.29 is 24.5 Å². The highest BCUT2D eigenvalue weighted by molar-refractivity contribution is 5.94. The SMILES string of the molecule is Nc1ncnc2c1ncn2[C@H]1CCC[C@H](NC(=O)c2cccc(OCC(=O)O)c2)[C@@H]1O. The zero-order valence-electron chi connectivity index (χ0n) is 16.5. The Balaban J connectivity index is 1.49. The number of imidazole rings is 1. The van der Waals surface area contributed by atoms with Crippen LogP contribution in [0.15, 0.2) is 36.9 Å². The lowest BCUT2D eigenvalue weighted by atomic mass is 9.87. The number of aliphatic carboxylic acids is 1. The van der Waals surface area contributed by atoms with Crippen LogP contribution in [0.3, 0.4) is 0 Å². The number of carboxylic acid groups (broad SMARTS) is 1. The fourth-order valence-corrected chi connectivity index (χ4v) is 3.85. The molecule has 1 aliphatic rings. The van der Waals surface area contributed by atoms with Crippen LogP contribution in [-0.4, -0.2) is 60.4 Å². The van der Waals surface area contributed by atoms with Crippen molar-refractivity contribution >= 4 is 28.9 Å². The average molecular weight is 426 g/mol. The number of carboxylic acids is 1. The molecule has 2 heterocycles. The molecule has 162 valence electrons. The highest BCUT2D eigenvalue weighted by atomic mass is 16.5. The Bertz CT molecular complexity index is 1120. The quantitative estimate of drug-likeness (QED) is 0.445. The first-order chi connectivity index (χ1) is 14.9. The van der Waals surface area contributed by atoms with Crippen molar-refractivity contribution in [1.82, 2.24) is 24.8 Å². The molecule has 1 fully saturated rings. The molecule has 1 amide bonds. The van der Waals surface area contributed by atoms with Crippen LogP contribution >= 0.6 is 0 Å². The molecule has 0 saturated heterocycles. The summed E-state index contributed by atoms with van der Waals surface area (Å²) in [5, 5.41) is 22.6. The number of hydrogen-bond donors (Lipinski definition) is 4. The number of carbonyl (C=O) groups is 2. The summed E-state index contributed by atoms with van der Waals surface area (Å²) in [6.07, 6.45) is 4.16. The van der Waals surface area contributed by atoms with Gasteiger partial charge in [-0.25, -0.2) is 19.7 Å². The van der Waals surface area contributed by atoms with Gasteiger partial charge >= 0.3 is 5.97 Å². The van der Waals surface area contributed by atoms with Crippen LogP contribution in [0, 0.1) is 0 Å². The summed E-state index contributed by atoms with van der Waals surface area (Å²) < 4.78 is 6.90. The maximum atomic E-state index is 12.7. The van der Waals surface area contributed by atoms with Gasteiger partial charge in [0.05, 0.1) is 24.5 Å². The number of anilines is 1. The Morgan fingerprint density at radius 1 is 1.26 bits per heavy atom. The van der Waals surface area contributed by atoms with Gasteiger partial charge in [0, 0.05) is 5.56 Å². The second kappa shape index (κ2) is 8.56. The predicted molar refractivity (Wildman–Crippen MR) is 109 cm³/mol. The van der Waals surface area contributed by atoms with E-state index < -0.39 is 24.7 Å². The molecule has 1 aliphatic carbocycles. The molecule has 3 atom stereocenters. The fourth-order valence-electron chi connectivity index (χ4n) is 3.85. The Morgan fingerprint density at radius 2 is 2.10 bits per heavy atom. The van der Waals surface area contributed by atoms with Gasteiger partial charge in [-0.1, -0.05) is 6.07 Å². The summed E-state index contributed by atoms with van der Waals surface area (Å²) in [5.74, 6) is -0.944. The number of fused-ring (bicyclic) bond motifs is 1. The molecule has 11 nitrogen and oxygen atoms in total. The maximum absolute atomic E-state index is 12.7. The number of carbonyl (C=O) groups excluding carboxylic acids is 1. The normalized spacial score (nSPS) is 21.0. The first-order valence-corrected chi connectivity index (χ1v) is 9.80. The van der Waals surface area contributed by atoms with Crippen molar-refractivity contribution in [3.05, 3.63) is 42.5 Å². The van der Waals surface area contributed by atoms with Crippen molar-refractivity contribution in [2.45, 2.75) is 37.5 Å². The molecule has 1 aromatic carbocycles. The molecule has 11 heteroatoms. The zero-order chi connectivity index (χ0) is 22.0. The highest BCUT2D eigenvalue weighted by Crippen LogP contribution is 2.32. The number of amides is 1. The molecule has 4 rings (SSSR count). The third kappa shape index (κ3) is 4.26. The molecule has 0 unspecified atom stereocenters. The molecule has 0 bridgehead atoms.